The van der Waals surface area contributed by atoms with Gasteiger partial charge in [-0.25, -0.2) is 4.98 Å². The van der Waals surface area contributed by atoms with Gasteiger partial charge in [0.25, 0.3) is 0 Å². The molecule has 1 aliphatic rings. The molecule has 0 saturated carbocycles. The van der Waals surface area contributed by atoms with E-state index in [4.69, 9.17) is 5.11 Å². The van der Waals surface area contributed by atoms with Gasteiger partial charge in [-0.2, -0.15) is 0 Å². The summed E-state index contributed by atoms with van der Waals surface area (Å²) in [6.07, 6.45) is 1.72. The predicted octanol–water partition coefficient (Wildman–Crippen LogP) is -0.0556. The first-order valence-electron chi connectivity index (χ1n) is 4.89. The molecule has 1 saturated heterocycles. The van der Waals surface area contributed by atoms with Gasteiger partial charge >= 0.3 is 5.97 Å². The zero-order chi connectivity index (χ0) is 10.7. The topological polar surface area (TPSA) is 65.5 Å². The number of hydrogen-bond acceptors (Lipinski definition) is 4. The van der Waals surface area contributed by atoms with E-state index in [0.29, 0.717) is 13.1 Å². The lowest BCUT2D eigenvalue weighted by Gasteiger charge is -2.32. The average molecular weight is 207 g/mol. The van der Waals surface area contributed by atoms with Crippen molar-refractivity contribution in [2.24, 2.45) is 0 Å². The minimum absolute atomic E-state index is 0.465. The molecular formula is C10H13N3O2. The molecule has 15 heavy (non-hydrogen) atoms. The maximum absolute atomic E-state index is 10.8. The highest BCUT2D eigenvalue weighted by atomic mass is 16.4. The number of hydrogen-bond donors (Lipinski definition) is 2. The lowest BCUT2D eigenvalue weighted by atomic mass is 10.2. The Bertz CT molecular complexity index is 342. The number of piperazine rings is 1. The van der Waals surface area contributed by atoms with Crippen molar-refractivity contribution in [1.82, 2.24) is 10.3 Å². The van der Waals surface area contributed by atoms with Crippen molar-refractivity contribution in [2.45, 2.75) is 6.04 Å². The van der Waals surface area contributed by atoms with Gasteiger partial charge in [-0.1, -0.05) is 6.07 Å². The summed E-state index contributed by atoms with van der Waals surface area (Å²) in [5.74, 6) is 0.0286. The third-order valence-electron chi connectivity index (χ3n) is 2.45. The highest BCUT2D eigenvalue weighted by molar-refractivity contribution is 5.74. The predicted molar refractivity (Wildman–Crippen MR) is 55.9 cm³/mol. The molecule has 2 heterocycles. The van der Waals surface area contributed by atoms with Gasteiger partial charge in [-0.15, -0.1) is 0 Å². The monoisotopic (exact) mass is 207 g/mol. The van der Waals surface area contributed by atoms with Crippen LogP contribution in [0.5, 0.6) is 0 Å². The van der Waals surface area contributed by atoms with Crippen LogP contribution in [0.15, 0.2) is 24.4 Å². The van der Waals surface area contributed by atoms with Gasteiger partial charge in [-0.05, 0) is 12.1 Å². The Labute approximate surface area is 87.7 Å². The fourth-order valence-electron chi connectivity index (χ4n) is 1.66. The molecule has 5 heteroatoms. The SMILES string of the molecule is O=C(O)[C@@H]1CN(c2ccccn2)CCN1. The molecule has 0 bridgehead atoms. The van der Waals surface area contributed by atoms with Gasteiger partial charge in [0.05, 0.1) is 0 Å². The van der Waals surface area contributed by atoms with E-state index in [1.54, 1.807) is 6.20 Å². The molecule has 2 N–H and O–H groups in total. The first kappa shape index (κ1) is 9.92. The van der Waals surface area contributed by atoms with Gasteiger partial charge in [0.1, 0.15) is 11.9 Å². The van der Waals surface area contributed by atoms with Gasteiger partial charge in [0.15, 0.2) is 0 Å². The fourth-order valence-corrected chi connectivity index (χ4v) is 1.66. The van der Waals surface area contributed by atoms with Crippen LogP contribution in [0, 0.1) is 0 Å². The molecule has 1 aliphatic heterocycles. The van der Waals surface area contributed by atoms with Crippen molar-refractivity contribution in [3.05, 3.63) is 24.4 Å². The van der Waals surface area contributed by atoms with Gasteiger partial charge in [0, 0.05) is 25.8 Å². The highest BCUT2D eigenvalue weighted by Gasteiger charge is 2.25. The van der Waals surface area contributed by atoms with Crippen LogP contribution in [0.4, 0.5) is 5.82 Å². The largest absolute Gasteiger partial charge is 0.480 e. The Kier molecular flexibility index (Phi) is 2.82. The third kappa shape index (κ3) is 2.24. The molecule has 80 valence electrons. The minimum Gasteiger partial charge on any atom is -0.480 e. The van der Waals surface area contributed by atoms with Crippen molar-refractivity contribution >= 4 is 11.8 Å². The zero-order valence-corrected chi connectivity index (χ0v) is 8.26. The Morgan fingerprint density at radius 2 is 2.47 bits per heavy atom. The maximum atomic E-state index is 10.8. The molecule has 1 fully saturated rings. The van der Waals surface area contributed by atoms with Crippen molar-refractivity contribution in [3.63, 3.8) is 0 Å². The normalized spacial score (nSPS) is 21.3. The Hall–Kier alpha value is -1.62. The molecular weight excluding hydrogens is 194 g/mol. The second-order valence-corrected chi connectivity index (χ2v) is 3.48. The van der Waals surface area contributed by atoms with E-state index in [9.17, 15) is 4.79 Å². The van der Waals surface area contributed by atoms with Crippen LogP contribution in [0.25, 0.3) is 0 Å². The van der Waals surface area contributed by atoms with Gasteiger partial charge in [-0.3, -0.25) is 4.79 Å². The number of anilines is 1. The van der Waals surface area contributed by atoms with Crippen molar-refractivity contribution in [2.75, 3.05) is 24.5 Å². The summed E-state index contributed by atoms with van der Waals surface area (Å²) in [6, 6.07) is 5.14. The molecule has 0 unspecified atom stereocenters. The van der Waals surface area contributed by atoms with Crippen molar-refractivity contribution < 1.29 is 9.90 Å². The summed E-state index contributed by atoms with van der Waals surface area (Å²) < 4.78 is 0. The molecule has 1 atom stereocenters. The number of rotatable bonds is 2. The summed E-state index contributed by atoms with van der Waals surface area (Å²) in [6.45, 7) is 1.93. The molecule has 5 nitrogen and oxygen atoms in total. The van der Waals surface area contributed by atoms with Crippen LogP contribution in [0.3, 0.4) is 0 Å². The first-order valence-corrected chi connectivity index (χ1v) is 4.89. The number of nitrogens with zero attached hydrogens (tertiary/aromatic N) is 2. The Balaban J connectivity index is 2.08. The minimum atomic E-state index is -0.810. The smallest absolute Gasteiger partial charge is 0.322 e. The molecule has 1 aromatic rings. The standard InChI is InChI=1S/C10H13N3O2/c14-10(15)8-7-13(6-5-11-8)9-3-1-2-4-12-9/h1-4,8,11H,5-7H2,(H,14,15)/t8-/m0/s1. The number of carboxylic acid groups (broad SMARTS) is 1. The zero-order valence-electron chi connectivity index (χ0n) is 8.26. The lowest BCUT2D eigenvalue weighted by molar-refractivity contribution is -0.139. The fraction of sp³-hybridized carbons (Fsp3) is 0.400. The van der Waals surface area contributed by atoms with E-state index in [1.807, 2.05) is 23.1 Å². The van der Waals surface area contributed by atoms with E-state index in [0.717, 1.165) is 12.4 Å². The van der Waals surface area contributed by atoms with Gasteiger partial charge in [0.2, 0.25) is 0 Å². The van der Waals surface area contributed by atoms with Crippen LogP contribution >= 0.6 is 0 Å². The lowest BCUT2D eigenvalue weighted by Crippen LogP contribution is -2.54. The van der Waals surface area contributed by atoms with E-state index in [-0.39, 0.29) is 0 Å². The second kappa shape index (κ2) is 4.27. The van der Waals surface area contributed by atoms with Crippen molar-refractivity contribution in [1.29, 1.82) is 0 Å². The summed E-state index contributed by atoms with van der Waals surface area (Å²) in [7, 11) is 0. The van der Waals surface area contributed by atoms with Crippen LogP contribution < -0.4 is 10.2 Å². The van der Waals surface area contributed by atoms with E-state index < -0.39 is 12.0 Å². The number of carboxylic acids is 1. The van der Waals surface area contributed by atoms with Crippen LogP contribution in [-0.4, -0.2) is 41.7 Å². The average Bonchev–Trinajstić information content (AvgIpc) is 2.30. The molecule has 0 spiro atoms. The molecule has 1 aromatic heterocycles. The molecule has 0 radical (unpaired) electrons. The summed E-state index contributed by atoms with van der Waals surface area (Å²) >= 11 is 0. The Morgan fingerprint density at radius 3 is 3.13 bits per heavy atom. The summed E-state index contributed by atoms with van der Waals surface area (Å²) in [4.78, 5) is 17.0. The molecule has 0 amide bonds. The third-order valence-corrected chi connectivity index (χ3v) is 2.45. The van der Waals surface area contributed by atoms with E-state index in [2.05, 4.69) is 10.3 Å². The maximum Gasteiger partial charge on any atom is 0.322 e. The highest BCUT2D eigenvalue weighted by Crippen LogP contribution is 2.11. The number of aliphatic carboxylic acids is 1. The first-order chi connectivity index (χ1) is 7.27. The molecule has 2 rings (SSSR count). The number of aromatic nitrogens is 1. The Morgan fingerprint density at radius 1 is 1.60 bits per heavy atom. The number of nitrogens with one attached hydrogen (secondary N) is 1. The summed E-state index contributed by atoms with van der Waals surface area (Å²) in [5.41, 5.74) is 0. The van der Waals surface area contributed by atoms with Crippen molar-refractivity contribution in [3.8, 4) is 0 Å². The quantitative estimate of drug-likeness (QED) is 0.711. The molecule has 0 aromatic carbocycles. The summed E-state index contributed by atoms with van der Waals surface area (Å²) in [5, 5.41) is 11.8. The number of carbonyl (C=O) groups is 1. The van der Waals surface area contributed by atoms with E-state index in [1.165, 1.54) is 0 Å². The van der Waals surface area contributed by atoms with Crippen LogP contribution in [0.1, 0.15) is 0 Å². The van der Waals surface area contributed by atoms with E-state index >= 15 is 0 Å². The van der Waals surface area contributed by atoms with Gasteiger partial charge < -0.3 is 15.3 Å². The molecule has 0 aliphatic carbocycles. The number of pyridine rings is 1. The second-order valence-electron chi connectivity index (χ2n) is 3.48. The van der Waals surface area contributed by atoms with Crippen LogP contribution in [-0.2, 0) is 4.79 Å². The van der Waals surface area contributed by atoms with Crippen LogP contribution in [0.2, 0.25) is 0 Å².